The number of nitrogens with one attached hydrogen (secondary N) is 1. The SMILES string of the molecule is CCc1ccc(C2(C)CCCNC2)s1. The van der Waals surface area contributed by atoms with Gasteiger partial charge < -0.3 is 5.32 Å². The first-order valence-electron chi connectivity index (χ1n) is 5.54. The summed E-state index contributed by atoms with van der Waals surface area (Å²) in [4.78, 5) is 3.09. The van der Waals surface area contributed by atoms with Crippen molar-refractivity contribution >= 4 is 11.3 Å². The molecule has 0 radical (unpaired) electrons. The summed E-state index contributed by atoms with van der Waals surface area (Å²) in [5.41, 5.74) is 0.399. The molecule has 1 saturated heterocycles. The van der Waals surface area contributed by atoms with E-state index in [1.54, 1.807) is 4.88 Å². The third-order valence-corrected chi connectivity index (χ3v) is 4.74. The fraction of sp³-hybridized carbons (Fsp3) is 0.667. The molecule has 78 valence electrons. The second-order valence-corrected chi connectivity index (χ2v) is 5.63. The van der Waals surface area contributed by atoms with Crippen LogP contribution in [0.2, 0.25) is 0 Å². The summed E-state index contributed by atoms with van der Waals surface area (Å²) in [5, 5.41) is 3.51. The first kappa shape index (κ1) is 10.2. The molecule has 0 bridgehead atoms. The van der Waals surface area contributed by atoms with Crippen molar-refractivity contribution in [2.24, 2.45) is 0 Å². The van der Waals surface area contributed by atoms with E-state index in [-0.39, 0.29) is 0 Å². The average Bonchev–Trinajstić information content (AvgIpc) is 2.67. The van der Waals surface area contributed by atoms with Gasteiger partial charge in [-0.05, 0) is 37.9 Å². The summed E-state index contributed by atoms with van der Waals surface area (Å²) in [7, 11) is 0. The minimum Gasteiger partial charge on any atom is -0.316 e. The van der Waals surface area contributed by atoms with Crippen molar-refractivity contribution in [3.8, 4) is 0 Å². The average molecular weight is 209 g/mol. The Kier molecular flexibility index (Phi) is 2.93. The Morgan fingerprint density at radius 1 is 1.50 bits per heavy atom. The summed E-state index contributed by atoms with van der Waals surface area (Å²) in [6.45, 7) is 6.97. The maximum Gasteiger partial charge on any atom is 0.0144 e. The summed E-state index contributed by atoms with van der Waals surface area (Å²) < 4.78 is 0. The first-order chi connectivity index (χ1) is 6.74. The van der Waals surface area contributed by atoms with Crippen LogP contribution in [0.1, 0.15) is 36.4 Å². The number of hydrogen-bond donors (Lipinski definition) is 1. The predicted molar refractivity (Wildman–Crippen MR) is 63.2 cm³/mol. The lowest BCUT2D eigenvalue weighted by molar-refractivity contribution is 0.345. The number of rotatable bonds is 2. The maximum atomic E-state index is 3.51. The Hall–Kier alpha value is -0.340. The largest absolute Gasteiger partial charge is 0.316 e. The Bertz CT molecular complexity index is 297. The standard InChI is InChI=1S/C12H19NS/c1-3-10-5-6-11(14-10)12(2)7-4-8-13-9-12/h5-6,13H,3-4,7-9H2,1-2H3. The van der Waals surface area contributed by atoms with Crippen LogP contribution in [0.25, 0.3) is 0 Å². The molecule has 1 aliphatic rings. The van der Waals surface area contributed by atoms with Gasteiger partial charge in [0.15, 0.2) is 0 Å². The van der Waals surface area contributed by atoms with Gasteiger partial charge in [0.1, 0.15) is 0 Å². The summed E-state index contributed by atoms with van der Waals surface area (Å²) in [5.74, 6) is 0. The van der Waals surface area contributed by atoms with Gasteiger partial charge in [0, 0.05) is 21.7 Å². The molecule has 1 fully saturated rings. The van der Waals surface area contributed by atoms with Crippen LogP contribution in [0.5, 0.6) is 0 Å². The second-order valence-electron chi connectivity index (χ2n) is 4.46. The Morgan fingerprint density at radius 2 is 2.36 bits per heavy atom. The highest BCUT2D eigenvalue weighted by Crippen LogP contribution is 2.35. The van der Waals surface area contributed by atoms with Crippen molar-refractivity contribution in [3.05, 3.63) is 21.9 Å². The van der Waals surface area contributed by atoms with Gasteiger partial charge in [0.25, 0.3) is 0 Å². The molecule has 2 heterocycles. The highest BCUT2D eigenvalue weighted by Gasteiger charge is 2.29. The van der Waals surface area contributed by atoms with Crippen LogP contribution in [-0.2, 0) is 11.8 Å². The minimum absolute atomic E-state index is 0.399. The topological polar surface area (TPSA) is 12.0 Å². The number of piperidine rings is 1. The number of aryl methyl sites for hydroxylation is 1. The van der Waals surface area contributed by atoms with E-state index in [9.17, 15) is 0 Å². The van der Waals surface area contributed by atoms with Crippen LogP contribution < -0.4 is 5.32 Å². The Morgan fingerprint density at radius 3 is 2.93 bits per heavy atom. The van der Waals surface area contributed by atoms with E-state index in [1.807, 2.05) is 11.3 Å². The van der Waals surface area contributed by atoms with E-state index in [0.29, 0.717) is 5.41 Å². The van der Waals surface area contributed by atoms with Crippen molar-refractivity contribution in [1.29, 1.82) is 0 Å². The van der Waals surface area contributed by atoms with Crippen molar-refractivity contribution in [1.82, 2.24) is 5.32 Å². The monoisotopic (exact) mass is 209 g/mol. The molecule has 1 aromatic rings. The van der Waals surface area contributed by atoms with Gasteiger partial charge >= 0.3 is 0 Å². The molecular weight excluding hydrogens is 190 g/mol. The van der Waals surface area contributed by atoms with E-state index >= 15 is 0 Å². The molecular formula is C12H19NS. The van der Waals surface area contributed by atoms with Crippen LogP contribution in [0.4, 0.5) is 0 Å². The summed E-state index contributed by atoms with van der Waals surface area (Å²) in [6.07, 6.45) is 3.83. The van der Waals surface area contributed by atoms with E-state index in [4.69, 9.17) is 0 Å². The molecule has 14 heavy (non-hydrogen) atoms. The normalized spacial score (nSPS) is 27.9. The summed E-state index contributed by atoms with van der Waals surface area (Å²) >= 11 is 2.00. The molecule has 0 amide bonds. The lowest BCUT2D eigenvalue weighted by Crippen LogP contribution is -2.40. The fourth-order valence-electron chi connectivity index (χ4n) is 2.16. The van der Waals surface area contributed by atoms with Gasteiger partial charge in [-0.3, -0.25) is 0 Å². The molecule has 1 unspecified atom stereocenters. The minimum atomic E-state index is 0.399. The highest BCUT2D eigenvalue weighted by atomic mass is 32.1. The van der Waals surface area contributed by atoms with Gasteiger partial charge in [0.2, 0.25) is 0 Å². The molecule has 2 rings (SSSR count). The van der Waals surface area contributed by atoms with Crippen molar-refractivity contribution in [2.45, 2.75) is 38.5 Å². The molecule has 0 aliphatic carbocycles. The first-order valence-corrected chi connectivity index (χ1v) is 6.36. The van der Waals surface area contributed by atoms with Crippen LogP contribution in [0.15, 0.2) is 12.1 Å². The van der Waals surface area contributed by atoms with Gasteiger partial charge in [-0.2, -0.15) is 0 Å². The van der Waals surface area contributed by atoms with Crippen LogP contribution in [0, 0.1) is 0 Å². The molecule has 0 aromatic carbocycles. The summed E-state index contributed by atoms with van der Waals surface area (Å²) in [6, 6.07) is 4.62. The van der Waals surface area contributed by atoms with E-state index in [2.05, 4.69) is 31.3 Å². The molecule has 1 atom stereocenters. The number of hydrogen-bond acceptors (Lipinski definition) is 2. The van der Waals surface area contributed by atoms with Gasteiger partial charge in [0.05, 0.1) is 0 Å². The van der Waals surface area contributed by atoms with Crippen molar-refractivity contribution in [3.63, 3.8) is 0 Å². The zero-order valence-electron chi connectivity index (χ0n) is 9.10. The molecule has 1 aromatic heterocycles. The zero-order chi connectivity index (χ0) is 10.0. The molecule has 1 N–H and O–H groups in total. The predicted octanol–water partition coefficient (Wildman–Crippen LogP) is 2.95. The van der Waals surface area contributed by atoms with Crippen LogP contribution in [0.3, 0.4) is 0 Å². The third kappa shape index (κ3) is 1.86. The lowest BCUT2D eigenvalue weighted by Gasteiger charge is -2.33. The number of thiophene rings is 1. The quantitative estimate of drug-likeness (QED) is 0.789. The smallest absolute Gasteiger partial charge is 0.0144 e. The van der Waals surface area contributed by atoms with Crippen LogP contribution in [-0.4, -0.2) is 13.1 Å². The van der Waals surface area contributed by atoms with Gasteiger partial charge in [-0.15, -0.1) is 11.3 Å². The maximum absolute atomic E-state index is 3.51. The van der Waals surface area contributed by atoms with E-state index in [0.717, 1.165) is 6.54 Å². The van der Waals surface area contributed by atoms with Gasteiger partial charge in [-0.25, -0.2) is 0 Å². The molecule has 0 saturated carbocycles. The van der Waals surface area contributed by atoms with E-state index in [1.165, 1.54) is 30.7 Å². The lowest BCUT2D eigenvalue weighted by atomic mass is 9.81. The third-order valence-electron chi connectivity index (χ3n) is 3.20. The molecule has 0 spiro atoms. The van der Waals surface area contributed by atoms with Crippen molar-refractivity contribution < 1.29 is 0 Å². The molecule has 2 heteroatoms. The second kappa shape index (κ2) is 4.03. The molecule has 1 nitrogen and oxygen atoms in total. The highest BCUT2D eigenvalue weighted by molar-refractivity contribution is 7.12. The van der Waals surface area contributed by atoms with E-state index < -0.39 is 0 Å². The Labute approximate surface area is 90.5 Å². The molecule has 1 aliphatic heterocycles. The van der Waals surface area contributed by atoms with Crippen LogP contribution >= 0.6 is 11.3 Å². The van der Waals surface area contributed by atoms with Crippen molar-refractivity contribution in [2.75, 3.05) is 13.1 Å². The Balaban J connectivity index is 2.19. The van der Waals surface area contributed by atoms with Gasteiger partial charge in [-0.1, -0.05) is 13.8 Å². The fourth-order valence-corrected chi connectivity index (χ4v) is 3.28. The zero-order valence-corrected chi connectivity index (χ0v) is 9.91.